The smallest absolute Gasteiger partial charge is 0.470 e. The summed E-state index contributed by atoms with van der Waals surface area (Å²) in [7, 11) is 0. The van der Waals surface area contributed by atoms with Crippen LogP contribution in [0.25, 0.3) is 16.8 Å². The lowest BCUT2D eigenvalue weighted by Gasteiger charge is -2.44. The summed E-state index contributed by atoms with van der Waals surface area (Å²) in [5, 5.41) is 10.4. The Bertz CT molecular complexity index is 1210. The van der Waals surface area contributed by atoms with Crippen LogP contribution in [0.3, 0.4) is 0 Å². The molecule has 1 saturated carbocycles. The van der Waals surface area contributed by atoms with E-state index in [2.05, 4.69) is 32.3 Å². The van der Waals surface area contributed by atoms with Gasteiger partial charge in [0.15, 0.2) is 0 Å². The Hall–Kier alpha value is -3.55. The Morgan fingerprint density at radius 3 is 2.68 bits per heavy atom. The van der Waals surface area contributed by atoms with Gasteiger partial charge in [-0.2, -0.15) is 14.9 Å². The van der Waals surface area contributed by atoms with Gasteiger partial charge in [0.2, 0.25) is 5.88 Å². The van der Waals surface area contributed by atoms with E-state index in [9.17, 15) is 18.0 Å². The highest BCUT2D eigenvalue weighted by molar-refractivity contribution is 5.93. The third kappa shape index (κ3) is 4.05. The number of rotatable bonds is 4. The van der Waals surface area contributed by atoms with Crippen molar-refractivity contribution >= 4 is 11.4 Å². The molecule has 0 aromatic carbocycles. The zero-order valence-electron chi connectivity index (χ0n) is 17.0. The number of alkyl halides is 3. The maximum atomic E-state index is 12.9. The molecule has 1 aliphatic carbocycles. The highest BCUT2D eigenvalue weighted by Gasteiger charge is 2.44. The van der Waals surface area contributed by atoms with E-state index >= 15 is 0 Å². The molecule has 1 N–H and O–H groups in total. The summed E-state index contributed by atoms with van der Waals surface area (Å²) in [6, 6.07) is -0.0754. The SMILES string of the molecule is CC#CC(=O)N[C@H]1C[C@@](C)(Oc2nc(-c3cnn(C(F)(F)F)c3)cn3ncc(C)c23)C1. The molecule has 3 heterocycles. The monoisotopic (exact) mass is 432 g/mol. The summed E-state index contributed by atoms with van der Waals surface area (Å²) in [4.78, 5) is 16.1. The van der Waals surface area contributed by atoms with E-state index < -0.39 is 11.9 Å². The summed E-state index contributed by atoms with van der Waals surface area (Å²) < 4.78 is 46.3. The van der Waals surface area contributed by atoms with Crippen molar-refractivity contribution < 1.29 is 22.7 Å². The van der Waals surface area contributed by atoms with Crippen molar-refractivity contribution in [3.05, 3.63) is 30.4 Å². The first-order chi connectivity index (χ1) is 14.6. The Kier molecular flexibility index (Phi) is 4.88. The van der Waals surface area contributed by atoms with Gasteiger partial charge in [-0.3, -0.25) is 4.79 Å². The van der Waals surface area contributed by atoms with Crippen molar-refractivity contribution in [1.29, 1.82) is 0 Å². The minimum Gasteiger partial charge on any atom is -0.470 e. The molecule has 8 nitrogen and oxygen atoms in total. The predicted octanol–water partition coefficient (Wildman–Crippen LogP) is 2.82. The molecule has 31 heavy (non-hydrogen) atoms. The van der Waals surface area contributed by atoms with E-state index in [-0.39, 0.29) is 33.8 Å². The van der Waals surface area contributed by atoms with Gasteiger partial charge in [-0.1, -0.05) is 5.92 Å². The predicted molar refractivity (Wildman–Crippen MR) is 104 cm³/mol. The van der Waals surface area contributed by atoms with Crippen LogP contribution in [0.1, 0.15) is 32.3 Å². The first kappa shape index (κ1) is 20.7. The number of fused-ring (bicyclic) bond motifs is 1. The molecule has 0 spiro atoms. The summed E-state index contributed by atoms with van der Waals surface area (Å²) >= 11 is 0. The number of nitrogens with one attached hydrogen (secondary N) is 1. The quantitative estimate of drug-likeness (QED) is 0.641. The molecule has 0 aliphatic heterocycles. The number of aromatic nitrogens is 5. The van der Waals surface area contributed by atoms with Crippen LogP contribution in [0.15, 0.2) is 24.8 Å². The molecule has 0 unspecified atom stereocenters. The van der Waals surface area contributed by atoms with Gasteiger partial charge in [0.05, 0.1) is 24.3 Å². The van der Waals surface area contributed by atoms with Crippen LogP contribution in [0.5, 0.6) is 5.88 Å². The van der Waals surface area contributed by atoms with Crippen LogP contribution in [0.4, 0.5) is 13.2 Å². The number of ether oxygens (including phenoxy) is 1. The molecule has 3 aromatic rings. The number of hydrogen-bond acceptors (Lipinski definition) is 5. The molecule has 162 valence electrons. The molecule has 11 heteroatoms. The largest absolute Gasteiger partial charge is 0.504 e. The molecule has 0 saturated heterocycles. The highest BCUT2D eigenvalue weighted by Crippen LogP contribution is 2.38. The van der Waals surface area contributed by atoms with Crippen molar-refractivity contribution in [2.45, 2.75) is 51.6 Å². The van der Waals surface area contributed by atoms with Crippen molar-refractivity contribution in [2.75, 3.05) is 0 Å². The Morgan fingerprint density at radius 2 is 2.03 bits per heavy atom. The second kappa shape index (κ2) is 7.30. The minimum atomic E-state index is -4.62. The first-order valence-corrected chi connectivity index (χ1v) is 9.47. The summed E-state index contributed by atoms with van der Waals surface area (Å²) in [5.74, 6) is 4.90. The third-order valence-corrected chi connectivity index (χ3v) is 5.06. The molecule has 4 rings (SSSR count). The van der Waals surface area contributed by atoms with Crippen LogP contribution < -0.4 is 10.1 Å². The van der Waals surface area contributed by atoms with Crippen LogP contribution in [-0.4, -0.2) is 41.9 Å². The van der Waals surface area contributed by atoms with Gasteiger partial charge in [-0.25, -0.2) is 9.50 Å². The maximum Gasteiger partial charge on any atom is 0.504 e. The normalized spacial score (nSPS) is 20.6. The van der Waals surface area contributed by atoms with Crippen LogP contribution in [0.2, 0.25) is 0 Å². The van der Waals surface area contributed by atoms with Gasteiger partial charge >= 0.3 is 6.30 Å². The van der Waals surface area contributed by atoms with E-state index in [1.807, 2.05) is 13.8 Å². The van der Waals surface area contributed by atoms with Crippen molar-refractivity contribution in [2.24, 2.45) is 0 Å². The van der Waals surface area contributed by atoms with Gasteiger partial charge in [-0.05, 0) is 26.7 Å². The average molecular weight is 432 g/mol. The number of aryl methyl sites for hydroxylation is 1. The fourth-order valence-electron chi connectivity index (χ4n) is 3.66. The Balaban J connectivity index is 1.62. The second-order valence-corrected chi connectivity index (χ2v) is 7.70. The van der Waals surface area contributed by atoms with E-state index in [0.29, 0.717) is 18.4 Å². The molecule has 1 aliphatic rings. The molecule has 1 fully saturated rings. The lowest BCUT2D eigenvalue weighted by molar-refractivity contribution is -0.212. The number of halogens is 3. The van der Waals surface area contributed by atoms with Crippen molar-refractivity contribution in [3.63, 3.8) is 0 Å². The maximum absolute atomic E-state index is 12.9. The van der Waals surface area contributed by atoms with Gasteiger partial charge in [0.25, 0.3) is 5.91 Å². The average Bonchev–Trinajstić information content (AvgIpc) is 3.28. The first-order valence-electron chi connectivity index (χ1n) is 9.47. The van der Waals surface area contributed by atoms with Crippen LogP contribution >= 0.6 is 0 Å². The summed E-state index contributed by atoms with van der Waals surface area (Å²) in [6.45, 7) is 5.32. The van der Waals surface area contributed by atoms with Gasteiger partial charge in [-0.15, -0.1) is 13.2 Å². The van der Waals surface area contributed by atoms with E-state index in [1.165, 1.54) is 10.7 Å². The van der Waals surface area contributed by atoms with Crippen LogP contribution in [0, 0.1) is 18.8 Å². The highest BCUT2D eigenvalue weighted by atomic mass is 19.4. The zero-order valence-corrected chi connectivity index (χ0v) is 17.0. The standard InChI is InChI=1S/C20H19F3N6O2/c1-4-5-16(30)26-14-6-19(3,7-14)31-18-17-12(2)8-24-28(17)11-15(27-18)13-9-25-29(10-13)20(21,22)23/h8-11,14H,6-7H2,1-3H3,(H,26,30)/t14-,19+. The molecule has 3 aromatic heterocycles. The number of amides is 1. The fourth-order valence-corrected chi connectivity index (χ4v) is 3.66. The Morgan fingerprint density at radius 1 is 1.29 bits per heavy atom. The lowest BCUT2D eigenvalue weighted by Crippen LogP contribution is -2.56. The van der Waals surface area contributed by atoms with Crippen molar-refractivity contribution in [1.82, 2.24) is 29.7 Å². The molecular formula is C20H19F3N6O2. The second-order valence-electron chi connectivity index (χ2n) is 7.70. The van der Waals surface area contributed by atoms with Gasteiger partial charge in [0, 0.05) is 36.2 Å². The lowest BCUT2D eigenvalue weighted by atomic mass is 9.77. The molecule has 1 amide bonds. The number of nitrogens with zero attached hydrogens (tertiary/aromatic N) is 5. The number of carbonyl (C=O) groups excluding carboxylic acids is 1. The summed E-state index contributed by atoms with van der Waals surface area (Å²) in [6.07, 6.45) is 1.57. The van der Waals surface area contributed by atoms with E-state index in [4.69, 9.17) is 4.74 Å². The van der Waals surface area contributed by atoms with Gasteiger partial charge in [0.1, 0.15) is 11.1 Å². The summed E-state index contributed by atoms with van der Waals surface area (Å²) in [5.41, 5.74) is 1.26. The molecule has 0 radical (unpaired) electrons. The molecular weight excluding hydrogens is 413 g/mol. The van der Waals surface area contributed by atoms with Gasteiger partial charge < -0.3 is 10.1 Å². The number of hydrogen-bond donors (Lipinski definition) is 1. The molecule has 0 bridgehead atoms. The molecule has 0 atom stereocenters. The zero-order chi connectivity index (χ0) is 22.4. The Labute approximate surface area is 175 Å². The number of carbonyl (C=O) groups is 1. The van der Waals surface area contributed by atoms with Crippen molar-refractivity contribution in [3.8, 4) is 29.0 Å². The third-order valence-electron chi connectivity index (χ3n) is 5.06. The minimum absolute atomic E-state index is 0.0754. The van der Waals surface area contributed by atoms with E-state index in [1.54, 1.807) is 13.1 Å². The fraction of sp³-hybridized carbons (Fsp3) is 0.400. The van der Waals surface area contributed by atoms with E-state index in [0.717, 1.165) is 18.0 Å². The van der Waals surface area contributed by atoms with Crippen LogP contribution in [-0.2, 0) is 11.1 Å². The topological polar surface area (TPSA) is 86.3 Å².